The maximum atomic E-state index is 12.9. The number of rotatable bonds is 5. The fraction of sp³-hybridized carbons (Fsp3) is 0.667. The molecular weight excluding hydrogens is 428 g/mol. The topological polar surface area (TPSA) is 207 Å². The molecule has 0 aliphatic carbocycles. The third-order valence-corrected chi connectivity index (χ3v) is 5.84. The average molecular weight is 454 g/mol. The van der Waals surface area contributed by atoms with Crippen LogP contribution in [0, 0.1) is 0 Å². The van der Waals surface area contributed by atoms with Crippen LogP contribution in [0.1, 0.15) is 27.7 Å². The van der Waals surface area contributed by atoms with Crippen LogP contribution in [0.5, 0.6) is 0 Å². The lowest BCUT2D eigenvalue weighted by molar-refractivity contribution is -0.170. The van der Waals surface area contributed by atoms with Gasteiger partial charge in [0.25, 0.3) is 5.79 Å². The van der Waals surface area contributed by atoms with Gasteiger partial charge >= 0.3 is 0 Å². The largest absolute Gasteiger partial charge is 0.394 e. The zero-order chi connectivity index (χ0) is 24.2. The van der Waals surface area contributed by atoms with Crippen molar-refractivity contribution in [1.29, 1.82) is 0 Å². The molecule has 3 heterocycles. The summed E-state index contributed by atoms with van der Waals surface area (Å²) in [5.41, 5.74) is 4.16. The molecule has 0 spiro atoms. The van der Waals surface area contributed by atoms with Gasteiger partial charge < -0.3 is 36.0 Å². The molecule has 32 heavy (non-hydrogen) atoms. The number of amides is 2. The Labute approximate surface area is 182 Å². The first-order valence-corrected chi connectivity index (χ1v) is 9.77. The number of Topliss-reactive ketones (excluding diaryl/α,β-unsaturated/α-hetero) is 2. The van der Waals surface area contributed by atoms with Gasteiger partial charge in [-0.25, -0.2) is 9.98 Å². The van der Waals surface area contributed by atoms with Crippen LogP contribution in [-0.2, 0) is 23.9 Å². The number of aliphatic imine (C=N–C) groups is 2. The highest BCUT2D eigenvalue weighted by Crippen LogP contribution is 2.41. The standard InChI is InChI=1S/C18H26N6O8/c1-7(26)17-15(19)22-18(8(2)27,21-9(3)28)24(10(4)29)16(17)23(6-20-17)14-13(31)12(30)11(5-25)32-14/h6,11-14,16,25,30-31H,5H2,1-4H3,(H2,19,22)(H,21,28)/t11-,12?,13?,14-,16?,17?,18?/m1/s1. The van der Waals surface area contributed by atoms with Crippen molar-refractivity contribution in [1.82, 2.24) is 15.1 Å². The Balaban J connectivity index is 2.25. The van der Waals surface area contributed by atoms with Gasteiger partial charge in [0.05, 0.1) is 12.9 Å². The maximum absolute atomic E-state index is 12.9. The van der Waals surface area contributed by atoms with E-state index in [-0.39, 0.29) is 0 Å². The van der Waals surface area contributed by atoms with E-state index in [1.807, 2.05) is 0 Å². The number of aliphatic hydroxyl groups excluding tert-OH is 3. The van der Waals surface area contributed by atoms with Crippen LogP contribution < -0.4 is 11.1 Å². The van der Waals surface area contributed by atoms with Crippen LogP contribution in [0.3, 0.4) is 0 Å². The number of nitrogens with two attached hydrogens (primary N) is 1. The van der Waals surface area contributed by atoms with E-state index in [2.05, 4.69) is 15.3 Å². The SMILES string of the molecule is CC(=O)NC1(C(C)=O)N=C(N)C2(C(C)=O)N=CN([C@@H]3O[C@H](CO)C(O)C3O)C2N1C(C)=O. The average Bonchev–Trinajstić information content (AvgIpc) is 3.20. The summed E-state index contributed by atoms with van der Waals surface area (Å²) < 4.78 is 5.55. The molecule has 0 bridgehead atoms. The molecule has 0 saturated carbocycles. The summed E-state index contributed by atoms with van der Waals surface area (Å²) in [6, 6.07) is 0. The summed E-state index contributed by atoms with van der Waals surface area (Å²) in [7, 11) is 0. The first kappa shape index (κ1) is 23.7. The quantitative estimate of drug-likeness (QED) is 0.272. The van der Waals surface area contributed by atoms with Crippen molar-refractivity contribution < 1.29 is 39.2 Å². The van der Waals surface area contributed by atoms with Crippen molar-refractivity contribution in [2.75, 3.05) is 6.61 Å². The Morgan fingerprint density at radius 2 is 1.78 bits per heavy atom. The molecule has 5 unspecified atom stereocenters. The third kappa shape index (κ3) is 3.09. The highest BCUT2D eigenvalue weighted by molar-refractivity contribution is 6.17. The van der Waals surface area contributed by atoms with E-state index in [0.29, 0.717) is 0 Å². The van der Waals surface area contributed by atoms with Crippen LogP contribution in [0.4, 0.5) is 0 Å². The number of hydrogen-bond donors (Lipinski definition) is 5. The zero-order valence-corrected chi connectivity index (χ0v) is 17.9. The van der Waals surface area contributed by atoms with Gasteiger partial charge in [0.1, 0.15) is 24.1 Å². The molecule has 7 atom stereocenters. The molecule has 3 aliphatic rings. The highest BCUT2D eigenvalue weighted by atomic mass is 16.6. The van der Waals surface area contributed by atoms with E-state index in [1.54, 1.807) is 0 Å². The van der Waals surface area contributed by atoms with Gasteiger partial charge in [-0.2, -0.15) is 0 Å². The molecule has 0 radical (unpaired) electrons. The summed E-state index contributed by atoms with van der Waals surface area (Å²) in [6.07, 6.45) is -6.01. The second-order valence-electron chi connectivity index (χ2n) is 7.91. The second kappa shape index (κ2) is 7.88. The van der Waals surface area contributed by atoms with Crippen molar-refractivity contribution in [2.45, 2.75) is 69.7 Å². The van der Waals surface area contributed by atoms with Crippen molar-refractivity contribution >= 4 is 35.6 Å². The van der Waals surface area contributed by atoms with Gasteiger partial charge in [-0.1, -0.05) is 0 Å². The van der Waals surface area contributed by atoms with Crippen LogP contribution in [0.25, 0.3) is 0 Å². The molecule has 1 saturated heterocycles. The predicted molar refractivity (Wildman–Crippen MR) is 107 cm³/mol. The molecule has 0 aromatic rings. The van der Waals surface area contributed by atoms with Gasteiger partial charge in [0.15, 0.2) is 24.0 Å². The number of ether oxygens (including phenoxy) is 1. The molecule has 2 amide bonds. The number of amidine groups is 1. The minimum absolute atomic E-state index is 0.443. The van der Waals surface area contributed by atoms with Crippen molar-refractivity contribution in [3.63, 3.8) is 0 Å². The predicted octanol–water partition coefficient (Wildman–Crippen LogP) is -3.98. The van der Waals surface area contributed by atoms with Crippen LogP contribution >= 0.6 is 0 Å². The van der Waals surface area contributed by atoms with Gasteiger partial charge in [0, 0.05) is 20.8 Å². The van der Waals surface area contributed by atoms with Crippen LogP contribution in [0.2, 0.25) is 0 Å². The fourth-order valence-corrected chi connectivity index (χ4v) is 4.37. The van der Waals surface area contributed by atoms with Gasteiger partial charge in [-0.3, -0.25) is 24.1 Å². The number of nitrogens with zero attached hydrogens (tertiary/aromatic N) is 4. The highest BCUT2D eigenvalue weighted by Gasteiger charge is 2.67. The summed E-state index contributed by atoms with van der Waals surface area (Å²) in [4.78, 5) is 60.7. The lowest BCUT2D eigenvalue weighted by Crippen LogP contribution is -2.80. The summed E-state index contributed by atoms with van der Waals surface area (Å²) in [5, 5.41) is 32.5. The van der Waals surface area contributed by atoms with Gasteiger partial charge in [-0.15, -0.1) is 0 Å². The number of aliphatic hydroxyl groups is 3. The van der Waals surface area contributed by atoms with Crippen molar-refractivity contribution in [3.8, 4) is 0 Å². The Kier molecular flexibility index (Phi) is 5.84. The normalized spacial score (nSPS) is 38.3. The molecule has 0 aromatic heterocycles. The minimum atomic E-state index is -2.30. The molecule has 14 heteroatoms. The molecule has 3 aliphatic heterocycles. The molecule has 3 rings (SSSR count). The van der Waals surface area contributed by atoms with E-state index in [4.69, 9.17) is 10.5 Å². The number of hydrogen-bond acceptors (Lipinski definition) is 12. The van der Waals surface area contributed by atoms with Gasteiger partial charge in [0.2, 0.25) is 17.4 Å². The number of ketones is 2. The van der Waals surface area contributed by atoms with E-state index in [0.717, 1.165) is 43.8 Å². The van der Waals surface area contributed by atoms with Crippen molar-refractivity contribution in [2.24, 2.45) is 15.7 Å². The first-order valence-electron chi connectivity index (χ1n) is 9.77. The minimum Gasteiger partial charge on any atom is -0.394 e. The van der Waals surface area contributed by atoms with E-state index >= 15 is 0 Å². The number of carbonyl (C=O) groups is 4. The monoisotopic (exact) mass is 454 g/mol. The van der Waals surface area contributed by atoms with E-state index in [1.165, 1.54) is 0 Å². The Morgan fingerprint density at radius 1 is 1.16 bits per heavy atom. The summed E-state index contributed by atoms with van der Waals surface area (Å²) in [5.74, 6) is -5.64. The van der Waals surface area contributed by atoms with Crippen LogP contribution in [-0.4, -0.2) is 109 Å². The fourth-order valence-electron chi connectivity index (χ4n) is 4.37. The summed E-state index contributed by atoms with van der Waals surface area (Å²) >= 11 is 0. The molecule has 176 valence electrons. The number of fused-ring (bicyclic) bond motifs is 1. The van der Waals surface area contributed by atoms with Crippen molar-refractivity contribution in [3.05, 3.63) is 0 Å². The molecular formula is C18H26N6O8. The van der Waals surface area contributed by atoms with Crippen LogP contribution in [0.15, 0.2) is 9.98 Å². The van der Waals surface area contributed by atoms with Gasteiger partial charge in [-0.05, 0) is 6.92 Å². The van der Waals surface area contributed by atoms with E-state index in [9.17, 15) is 34.5 Å². The lowest BCUT2D eigenvalue weighted by atomic mass is 9.85. The molecule has 6 N–H and O–H groups in total. The third-order valence-electron chi connectivity index (χ3n) is 5.84. The molecule has 0 aromatic carbocycles. The molecule has 1 fully saturated rings. The lowest BCUT2D eigenvalue weighted by Gasteiger charge is -2.52. The second-order valence-corrected chi connectivity index (χ2v) is 7.91. The first-order chi connectivity index (χ1) is 14.8. The maximum Gasteiger partial charge on any atom is 0.276 e. The summed E-state index contributed by atoms with van der Waals surface area (Å²) in [6.45, 7) is 3.82. The number of nitrogens with one attached hydrogen (secondary N) is 1. The van der Waals surface area contributed by atoms with E-state index < -0.39 is 77.9 Å². The Morgan fingerprint density at radius 3 is 2.22 bits per heavy atom. The number of carbonyl (C=O) groups excluding carboxylic acids is 4. The molecule has 14 nitrogen and oxygen atoms in total. The Hall–Kier alpha value is -2.94. The zero-order valence-electron chi connectivity index (χ0n) is 17.9. The Bertz CT molecular complexity index is 923. The smallest absolute Gasteiger partial charge is 0.276 e.